The molecule has 0 bridgehead atoms. The Morgan fingerprint density at radius 3 is 1.24 bits per heavy atom. The summed E-state index contributed by atoms with van der Waals surface area (Å²) in [6.07, 6.45) is 8.89. The quantitative estimate of drug-likeness (QED) is 0.216. The molecule has 46 heavy (non-hydrogen) atoms. The van der Waals surface area contributed by atoms with Gasteiger partial charge < -0.3 is 0 Å². The Hall–Kier alpha value is -2.72. The van der Waals surface area contributed by atoms with Crippen molar-refractivity contribution >= 4 is 11.3 Å². The number of aromatic nitrogens is 3. The molecule has 4 heteroatoms. The Kier molecular flexibility index (Phi) is 127. The van der Waals surface area contributed by atoms with Crippen molar-refractivity contribution in [3.8, 4) is 0 Å². The zero-order chi connectivity index (χ0) is 29.9. The van der Waals surface area contributed by atoms with Gasteiger partial charge in [-0.15, -0.1) is 11.3 Å². The number of pyridine rings is 1. The zero-order valence-electron chi connectivity index (χ0n) is 26.7. The van der Waals surface area contributed by atoms with Crippen LogP contribution in [0.25, 0.3) is 0 Å². The van der Waals surface area contributed by atoms with Gasteiger partial charge in [-0.2, -0.15) is 5.10 Å². The lowest BCUT2D eigenvalue weighted by Gasteiger charge is -1.89. The van der Waals surface area contributed by atoms with Crippen LogP contribution in [-0.2, 0) is 25.8 Å². The first-order valence-corrected chi connectivity index (χ1v) is 15.5. The lowest BCUT2D eigenvalue weighted by atomic mass is 10.2. The second-order valence-corrected chi connectivity index (χ2v) is 7.34. The van der Waals surface area contributed by atoms with Crippen molar-refractivity contribution in [2.45, 2.75) is 168 Å². The van der Waals surface area contributed by atoms with Crippen molar-refractivity contribution in [1.82, 2.24) is 14.8 Å². The molecule has 0 fully saturated rings. The van der Waals surface area contributed by atoms with Crippen LogP contribution >= 0.6 is 11.3 Å². The van der Waals surface area contributed by atoms with Gasteiger partial charge in [-0.1, -0.05) is 178 Å². The summed E-state index contributed by atoms with van der Waals surface area (Å²) in [5.74, 6) is 0. The first kappa shape index (κ1) is 79.1. The molecule has 3 aromatic heterocycles. The molecule has 0 aliphatic rings. The van der Waals surface area contributed by atoms with Gasteiger partial charge in [-0.25, -0.2) is 0 Å². The molecule has 4 aromatic rings. The number of hydrogen-bond acceptors (Lipinski definition) is 3. The number of aryl methyl sites for hydroxylation is 4. The first-order chi connectivity index (χ1) is 18.7. The molecule has 3 nitrogen and oxygen atoms in total. The number of nitrogens with zero attached hydrogens (tertiary/aromatic N) is 3. The van der Waals surface area contributed by atoms with E-state index in [-0.39, 0.29) is 59.4 Å². The topological polar surface area (TPSA) is 30.7 Å². The molecule has 3 heterocycles. The van der Waals surface area contributed by atoms with Crippen molar-refractivity contribution in [2.75, 3.05) is 0 Å². The third kappa shape index (κ3) is 53.8. The summed E-state index contributed by atoms with van der Waals surface area (Å²) in [5.41, 5.74) is 2.57. The molecule has 0 atom stereocenters. The van der Waals surface area contributed by atoms with Gasteiger partial charge in [0.1, 0.15) is 0 Å². The van der Waals surface area contributed by atoms with Gasteiger partial charge in [0.25, 0.3) is 0 Å². The van der Waals surface area contributed by atoms with Crippen molar-refractivity contribution in [1.29, 1.82) is 0 Å². The van der Waals surface area contributed by atoms with E-state index in [1.54, 1.807) is 6.20 Å². The third-order valence-electron chi connectivity index (χ3n) is 4.15. The van der Waals surface area contributed by atoms with Crippen molar-refractivity contribution < 1.29 is 0 Å². The van der Waals surface area contributed by atoms with E-state index in [0.29, 0.717) is 0 Å². The van der Waals surface area contributed by atoms with Crippen molar-refractivity contribution in [3.63, 3.8) is 0 Å². The third-order valence-corrected chi connectivity index (χ3v) is 5.17. The average molecular weight is 670 g/mol. The smallest absolute Gasteiger partial charge is 0.0489 e. The van der Waals surface area contributed by atoms with Crippen molar-refractivity contribution in [3.05, 3.63) is 107 Å². The second-order valence-electron chi connectivity index (χ2n) is 6.31. The summed E-state index contributed by atoms with van der Waals surface area (Å²) in [5, 5.41) is 6.06. The van der Waals surface area contributed by atoms with Gasteiger partial charge in [0.2, 0.25) is 0 Å². The number of thiophene rings is 1. The lowest BCUT2D eigenvalue weighted by Crippen LogP contribution is -1.91. The van der Waals surface area contributed by atoms with E-state index in [9.17, 15) is 0 Å². The average Bonchev–Trinajstić information content (AvgIpc) is 3.78. The van der Waals surface area contributed by atoms with Crippen LogP contribution in [0.15, 0.2) is 90.7 Å². The maximum absolute atomic E-state index is 4.10. The minimum atomic E-state index is 0. The predicted molar refractivity (Wildman–Crippen MR) is 230 cm³/mol. The van der Waals surface area contributed by atoms with Crippen LogP contribution in [0.1, 0.15) is 159 Å². The normalized spacial score (nSPS) is 6.52. The monoisotopic (exact) mass is 670 g/mol. The van der Waals surface area contributed by atoms with Gasteiger partial charge in [-0.05, 0) is 61.4 Å². The van der Waals surface area contributed by atoms with Gasteiger partial charge in [0.05, 0.1) is 0 Å². The molecule has 0 spiro atoms. The SMILES string of the molecule is C.C.C.C.C.C.C.C.CC.CC.CC.CC.CCc1ccccc1.CCc1ccccn1.CCc1cccs1.CCn1cccn1. The van der Waals surface area contributed by atoms with Crippen LogP contribution in [0.5, 0.6) is 0 Å². The highest BCUT2D eigenvalue weighted by atomic mass is 32.1. The molecule has 4 rings (SSSR count). The zero-order valence-corrected chi connectivity index (χ0v) is 27.6. The van der Waals surface area contributed by atoms with E-state index in [4.69, 9.17) is 0 Å². The van der Waals surface area contributed by atoms with Crippen molar-refractivity contribution in [2.24, 2.45) is 0 Å². The molecular weight excluding hydrogens is 579 g/mol. The molecule has 0 unspecified atom stereocenters. The first-order valence-electron chi connectivity index (χ1n) is 14.7. The molecule has 0 aliphatic carbocycles. The molecule has 0 radical (unpaired) electrons. The number of benzene rings is 1. The summed E-state index contributed by atoms with van der Waals surface area (Å²) < 4.78 is 1.88. The molecular formula is C42H91N3S. The van der Waals surface area contributed by atoms with Gasteiger partial charge >= 0.3 is 0 Å². The van der Waals surface area contributed by atoms with Crippen LogP contribution in [0.2, 0.25) is 0 Å². The van der Waals surface area contributed by atoms with E-state index >= 15 is 0 Å². The fourth-order valence-corrected chi connectivity index (χ4v) is 2.98. The highest BCUT2D eigenvalue weighted by Gasteiger charge is 1.83. The van der Waals surface area contributed by atoms with Crippen LogP contribution in [0, 0.1) is 0 Å². The fraction of sp³-hybridized carbons (Fsp3) is 0.571. The minimum Gasteiger partial charge on any atom is -0.273 e. The van der Waals surface area contributed by atoms with E-state index in [1.807, 2.05) is 114 Å². The van der Waals surface area contributed by atoms with E-state index in [1.165, 1.54) is 16.9 Å². The second kappa shape index (κ2) is 73.6. The molecule has 0 N–H and O–H groups in total. The number of rotatable bonds is 4. The van der Waals surface area contributed by atoms with Crippen LogP contribution < -0.4 is 0 Å². The Morgan fingerprint density at radius 1 is 0.522 bits per heavy atom. The van der Waals surface area contributed by atoms with Gasteiger partial charge in [0.15, 0.2) is 0 Å². The molecule has 0 saturated heterocycles. The summed E-state index contributed by atoms with van der Waals surface area (Å²) in [7, 11) is 0. The largest absolute Gasteiger partial charge is 0.273 e. The summed E-state index contributed by atoms with van der Waals surface area (Å²) in [4.78, 5) is 5.57. The summed E-state index contributed by atoms with van der Waals surface area (Å²) in [6.45, 7) is 25.5. The maximum Gasteiger partial charge on any atom is 0.0489 e. The Morgan fingerprint density at radius 2 is 1.02 bits per heavy atom. The van der Waals surface area contributed by atoms with E-state index in [2.05, 4.69) is 79.6 Å². The Balaban J connectivity index is -0.0000000296. The molecule has 0 aliphatic heterocycles. The van der Waals surface area contributed by atoms with Crippen LogP contribution in [-0.4, -0.2) is 14.8 Å². The van der Waals surface area contributed by atoms with Gasteiger partial charge in [-0.3, -0.25) is 9.67 Å². The fourth-order valence-electron chi connectivity index (χ4n) is 2.32. The standard InChI is InChI=1S/C8H10.C7H9N.C6H8S.C5H8N2.4C2H6.8CH4/c1-2-8-6-4-3-5-7-8;1-2-7-5-3-4-6-8-7;1-2-6-4-3-5-7-6;1-2-7-5-3-4-6-7;4*1-2;;;;;;;;/h3-7H,2H2,1H3;3-6H,2H2,1H3;2*3-5H,2H2,1H3;4*1-2H3;8*1H4. The molecule has 0 amide bonds. The highest BCUT2D eigenvalue weighted by molar-refractivity contribution is 7.09. The molecule has 1 aromatic carbocycles. The summed E-state index contributed by atoms with van der Waals surface area (Å²) in [6, 6.07) is 22.6. The summed E-state index contributed by atoms with van der Waals surface area (Å²) >= 11 is 1.82. The lowest BCUT2D eigenvalue weighted by molar-refractivity contribution is 0.660. The molecule has 280 valence electrons. The van der Waals surface area contributed by atoms with E-state index in [0.717, 1.165) is 25.1 Å². The van der Waals surface area contributed by atoms with Crippen LogP contribution in [0.4, 0.5) is 0 Å². The van der Waals surface area contributed by atoms with Gasteiger partial charge in [0, 0.05) is 35.7 Å². The number of hydrogen-bond donors (Lipinski definition) is 0. The Bertz CT molecular complexity index is 756. The van der Waals surface area contributed by atoms with E-state index < -0.39 is 0 Å². The minimum absolute atomic E-state index is 0. The highest BCUT2D eigenvalue weighted by Crippen LogP contribution is 2.07. The predicted octanol–water partition coefficient (Wildman–Crippen LogP) is 16.3. The Labute approximate surface area is 300 Å². The maximum atomic E-state index is 4.10. The van der Waals surface area contributed by atoms with Crippen LogP contribution in [0.3, 0.4) is 0 Å². The molecule has 0 saturated carbocycles.